The summed E-state index contributed by atoms with van der Waals surface area (Å²) in [5.74, 6) is 2.09. The number of benzene rings is 3. The van der Waals surface area contributed by atoms with E-state index in [9.17, 15) is 4.79 Å². The zero-order valence-corrected chi connectivity index (χ0v) is 25.5. The first-order valence-corrected chi connectivity index (χ1v) is 14.9. The summed E-state index contributed by atoms with van der Waals surface area (Å²) in [6, 6.07) is 16.2. The van der Waals surface area contributed by atoms with E-state index >= 15 is 0 Å². The van der Waals surface area contributed by atoms with Gasteiger partial charge in [0.25, 0.3) is 0 Å². The fourth-order valence-corrected chi connectivity index (χ4v) is 6.47. The summed E-state index contributed by atoms with van der Waals surface area (Å²) < 4.78 is 11.3. The van der Waals surface area contributed by atoms with E-state index in [0.29, 0.717) is 11.6 Å². The molecule has 1 aliphatic heterocycles. The maximum Gasteiger partial charge on any atom is 0.319 e. The van der Waals surface area contributed by atoms with Crippen LogP contribution in [0.25, 0.3) is 55.1 Å². The topological polar surface area (TPSA) is 121 Å². The van der Waals surface area contributed by atoms with Gasteiger partial charge in [-0.25, -0.2) is 14.8 Å². The minimum Gasteiger partial charge on any atom is -0.496 e. The number of ether oxygens (including phenoxy) is 1. The number of nitrogens with one attached hydrogen (secondary N) is 3. The third-order valence-corrected chi connectivity index (χ3v) is 8.67. The first-order chi connectivity index (χ1) is 21.3. The monoisotopic (exact) mass is 589 g/mol. The van der Waals surface area contributed by atoms with E-state index in [2.05, 4.69) is 44.9 Å². The number of methoxy groups -OCH3 is 1. The molecule has 10 nitrogen and oxygen atoms in total. The Morgan fingerprint density at radius 1 is 1.00 bits per heavy atom. The number of hydrogen-bond donors (Lipinski definition) is 3. The molecule has 0 aliphatic carbocycles. The quantitative estimate of drug-likeness (QED) is 0.204. The average molecular weight is 590 g/mol. The summed E-state index contributed by atoms with van der Waals surface area (Å²) in [5, 5.41) is 14.2. The highest BCUT2D eigenvalue weighted by Crippen LogP contribution is 2.42. The van der Waals surface area contributed by atoms with Crippen LogP contribution >= 0.6 is 0 Å². The SMILES string of the molecule is COc1cc2c(cc1-c1c(C)noc1C)[nH]c1nc(C)nc(-c3ccc(NC(=O)NC4CCN(C)CC4)c4ccccc34)c12. The second-order valence-electron chi connectivity index (χ2n) is 11.6. The molecule has 3 N–H and O–H groups in total. The van der Waals surface area contributed by atoms with Crippen LogP contribution in [0.2, 0.25) is 0 Å². The van der Waals surface area contributed by atoms with Gasteiger partial charge in [0.1, 0.15) is 23.0 Å². The lowest BCUT2D eigenvalue weighted by molar-refractivity contribution is 0.221. The number of nitrogens with zero attached hydrogens (tertiary/aromatic N) is 4. The van der Waals surface area contributed by atoms with E-state index in [4.69, 9.17) is 19.2 Å². The first kappa shape index (κ1) is 27.8. The second-order valence-corrected chi connectivity index (χ2v) is 11.6. The van der Waals surface area contributed by atoms with Gasteiger partial charge in [-0.15, -0.1) is 0 Å². The van der Waals surface area contributed by atoms with Crippen LogP contribution < -0.4 is 15.4 Å². The van der Waals surface area contributed by atoms with Crippen LogP contribution in [-0.4, -0.2) is 64.3 Å². The van der Waals surface area contributed by atoms with Crippen molar-refractivity contribution < 1.29 is 14.1 Å². The minimum absolute atomic E-state index is 0.172. The van der Waals surface area contributed by atoms with E-state index in [1.807, 2.05) is 57.2 Å². The maximum absolute atomic E-state index is 13.0. The predicted molar refractivity (Wildman–Crippen MR) is 173 cm³/mol. The van der Waals surface area contributed by atoms with Crippen molar-refractivity contribution in [2.45, 2.75) is 39.7 Å². The van der Waals surface area contributed by atoms with Gasteiger partial charge in [-0.2, -0.15) is 0 Å². The number of carbonyl (C=O) groups is 1. The summed E-state index contributed by atoms with van der Waals surface area (Å²) in [7, 11) is 3.78. The van der Waals surface area contributed by atoms with Crippen LogP contribution in [0.4, 0.5) is 10.5 Å². The molecule has 3 aromatic heterocycles. The smallest absolute Gasteiger partial charge is 0.319 e. The van der Waals surface area contributed by atoms with Gasteiger partial charge in [-0.1, -0.05) is 35.5 Å². The molecular formula is C34H35N7O3. The van der Waals surface area contributed by atoms with Crippen LogP contribution in [0.15, 0.2) is 53.1 Å². The molecule has 1 fully saturated rings. The average Bonchev–Trinajstić information content (AvgIpc) is 3.54. The number of likely N-dealkylation sites (tertiary alicyclic amines) is 1. The lowest BCUT2D eigenvalue weighted by Crippen LogP contribution is -2.44. The van der Waals surface area contributed by atoms with Crippen molar-refractivity contribution in [1.29, 1.82) is 0 Å². The highest BCUT2D eigenvalue weighted by Gasteiger charge is 2.23. The lowest BCUT2D eigenvalue weighted by atomic mass is 9.97. The number of hydrogen-bond acceptors (Lipinski definition) is 7. The Morgan fingerprint density at radius 2 is 1.77 bits per heavy atom. The van der Waals surface area contributed by atoms with Gasteiger partial charge in [0.05, 0.1) is 35.1 Å². The Morgan fingerprint density at radius 3 is 2.50 bits per heavy atom. The number of piperidine rings is 1. The molecule has 0 unspecified atom stereocenters. The molecule has 10 heteroatoms. The Balaban J connectivity index is 1.34. The number of urea groups is 1. The minimum atomic E-state index is -0.185. The number of aryl methyl sites for hydroxylation is 3. The standard InChI is InChI=1S/C34H35N7O3/c1-18-30(19(2)44-40-18)26-16-28-25(17-29(26)43-5)31-32(35-20(3)36-33(31)38-28)24-10-11-27(23-9-7-6-8-22(23)24)39-34(42)37-21-12-14-41(4)15-13-21/h6-11,16-17,21H,12-15H2,1-5H3,(H,35,36,38)(H2,37,39,42). The number of H-pyrrole nitrogens is 1. The van der Waals surface area contributed by atoms with Gasteiger partial charge in [-0.05, 0) is 77.3 Å². The number of amides is 2. The van der Waals surface area contributed by atoms with Crippen LogP contribution in [0, 0.1) is 20.8 Å². The molecule has 0 atom stereocenters. The van der Waals surface area contributed by atoms with Crippen molar-refractivity contribution >= 4 is 44.4 Å². The van der Waals surface area contributed by atoms with Crippen LogP contribution in [0.3, 0.4) is 0 Å². The summed E-state index contributed by atoms with van der Waals surface area (Å²) in [6.45, 7) is 7.69. The van der Waals surface area contributed by atoms with E-state index < -0.39 is 0 Å². The molecule has 4 heterocycles. The van der Waals surface area contributed by atoms with Gasteiger partial charge in [-0.3, -0.25) is 0 Å². The number of anilines is 1. The number of fused-ring (bicyclic) bond motifs is 4. The fraction of sp³-hybridized carbons (Fsp3) is 0.294. The first-order valence-electron chi connectivity index (χ1n) is 14.9. The maximum atomic E-state index is 13.0. The molecule has 6 aromatic rings. The van der Waals surface area contributed by atoms with Crippen LogP contribution in [0.1, 0.15) is 30.1 Å². The Kier molecular flexibility index (Phi) is 6.93. The van der Waals surface area contributed by atoms with Crippen molar-refractivity contribution in [2.24, 2.45) is 0 Å². The summed E-state index contributed by atoms with van der Waals surface area (Å²) in [6.07, 6.45) is 1.89. The molecule has 2 amide bonds. The van der Waals surface area contributed by atoms with Crippen LogP contribution in [0.5, 0.6) is 5.75 Å². The molecule has 1 aliphatic rings. The van der Waals surface area contributed by atoms with Gasteiger partial charge >= 0.3 is 6.03 Å². The van der Waals surface area contributed by atoms with E-state index in [1.165, 1.54) is 0 Å². The van der Waals surface area contributed by atoms with Crippen molar-refractivity contribution in [3.8, 4) is 28.1 Å². The molecule has 0 spiro atoms. The summed E-state index contributed by atoms with van der Waals surface area (Å²) in [5.41, 5.74) is 6.77. The second kappa shape index (κ2) is 10.9. The van der Waals surface area contributed by atoms with Gasteiger partial charge in [0.2, 0.25) is 0 Å². The third-order valence-electron chi connectivity index (χ3n) is 8.67. The van der Waals surface area contributed by atoms with Gasteiger partial charge < -0.3 is 29.8 Å². The summed E-state index contributed by atoms with van der Waals surface area (Å²) >= 11 is 0. The predicted octanol–water partition coefficient (Wildman–Crippen LogP) is 6.74. The highest BCUT2D eigenvalue weighted by atomic mass is 16.5. The molecule has 224 valence electrons. The van der Waals surface area contributed by atoms with E-state index in [-0.39, 0.29) is 12.1 Å². The third kappa shape index (κ3) is 4.81. The Labute approximate surface area is 254 Å². The van der Waals surface area contributed by atoms with Crippen LogP contribution in [-0.2, 0) is 0 Å². The Hall–Kier alpha value is -4.96. The molecule has 1 saturated heterocycles. The zero-order chi connectivity index (χ0) is 30.5. The van der Waals surface area contributed by atoms with Crippen molar-refractivity contribution in [1.82, 2.24) is 30.3 Å². The molecule has 44 heavy (non-hydrogen) atoms. The lowest BCUT2D eigenvalue weighted by Gasteiger charge is -2.29. The molecule has 0 saturated carbocycles. The Bertz CT molecular complexity index is 2030. The number of carbonyl (C=O) groups excluding carboxylic acids is 1. The van der Waals surface area contributed by atoms with E-state index in [1.54, 1.807) is 7.11 Å². The summed E-state index contributed by atoms with van der Waals surface area (Å²) in [4.78, 5) is 28.6. The van der Waals surface area contributed by atoms with Crippen molar-refractivity contribution in [3.63, 3.8) is 0 Å². The molecular weight excluding hydrogens is 554 g/mol. The van der Waals surface area contributed by atoms with Gasteiger partial charge in [0.15, 0.2) is 0 Å². The van der Waals surface area contributed by atoms with Crippen molar-refractivity contribution in [3.05, 3.63) is 65.8 Å². The highest BCUT2D eigenvalue weighted by molar-refractivity contribution is 6.17. The number of aromatic amines is 1. The van der Waals surface area contributed by atoms with Crippen molar-refractivity contribution in [2.75, 3.05) is 32.6 Å². The molecule has 7 rings (SSSR count). The van der Waals surface area contributed by atoms with Gasteiger partial charge in [0, 0.05) is 33.5 Å². The zero-order valence-electron chi connectivity index (χ0n) is 25.5. The normalized spacial score (nSPS) is 14.5. The molecule has 0 radical (unpaired) electrons. The van der Waals surface area contributed by atoms with E-state index in [0.717, 1.165) is 98.2 Å². The number of aromatic nitrogens is 4. The number of rotatable bonds is 5. The fourth-order valence-electron chi connectivity index (χ4n) is 6.47. The molecule has 3 aromatic carbocycles. The largest absolute Gasteiger partial charge is 0.496 e. The molecule has 0 bridgehead atoms.